The van der Waals surface area contributed by atoms with Crippen molar-refractivity contribution in [2.24, 2.45) is 0 Å². The van der Waals surface area contributed by atoms with Crippen molar-refractivity contribution in [1.82, 2.24) is 4.72 Å². The standard InChI is InChI=1S/C7H13NO4S2/c1-2-5-14(11,12)8-7-4-3-6-13(7,9)10/h2,7-8H,1,3-6H2. The zero-order valence-corrected chi connectivity index (χ0v) is 9.27. The van der Waals surface area contributed by atoms with Crippen molar-refractivity contribution in [1.29, 1.82) is 0 Å². The quantitative estimate of drug-likeness (QED) is 0.679. The molecule has 0 radical (unpaired) electrons. The second kappa shape index (κ2) is 4.00. The molecular formula is C7H13NO4S2. The van der Waals surface area contributed by atoms with Crippen molar-refractivity contribution in [3.63, 3.8) is 0 Å². The van der Waals surface area contributed by atoms with Crippen LogP contribution < -0.4 is 4.72 Å². The fourth-order valence-corrected chi connectivity index (χ4v) is 4.66. The van der Waals surface area contributed by atoms with E-state index in [1.165, 1.54) is 6.08 Å². The molecule has 1 aliphatic heterocycles. The van der Waals surface area contributed by atoms with Crippen molar-refractivity contribution >= 4 is 19.9 Å². The Morgan fingerprint density at radius 2 is 2.14 bits per heavy atom. The SMILES string of the molecule is C=CCS(=O)(=O)NC1CCCS1(=O)=O. The lowest BCUT2D eigenvalue weighted by atomic mass is 10.3. The minimum absolute atomic E-state index is 0.0638. The molecule has 7 heteroatoms. The molecule has 5 nitrogen and oxygen atoms in total. The second-order valence-corrected chi connectivity index (χ2v) is 7.29. The van der Waals surface area contributed by atoms with Crippen LogP contribution >= 0.6 is 0 Å². The summed E-state index contributed by atoms with van der Waals surface area (Å²) in [6, 6.07) is 0. The molecule has 0 amide bonds. The van der Waals surface area contributed by atoms with E-state index in [-0.39, 0.29) is 11.5 Å². The Morgan fingerprint density at radius 1 is 1.50 bits per heavy atom. The fraction of sp³-hybridized carbons (Fsp3) is 0.714. The third-order valence-electron chi connectivity index (χ3n) is 1.98. The molecule has 14 heavy (non-hydrogen) atoms. The van der Waals surface area contributed by atoms with Crippen LogP contribution in [0, 0.1) is 0 Å². The molecule has 1 N–H and O–H groups in total. The second-order valence-electron chi connectivity index (χ2n) is 3.19. The summed E-state index contributed by atoms with van der Waals surface area (Å²) in [6.45, 7) is 3.29. The van der Waals surface area contributed by atoms with E-state index in [2.05, 4.69) is 11.3 Å². The molecule has 1 atom stereocenters. The number of rotatable bonds is 4. The highest BCUT2D eigenvalue weighted by atomic mass is 32.2. The highest BCUT2D eigenvalue weighted by Crippen LogP contribution is 2.18. The third-order valence-corrected chi connectivity index (χ3v) is 5.52. The maximum Gasteiger partial charge on any atom is 0.216 e. The minimum atomic E-state index is -3.53. The largest absolute Gasteiger partial charge is 0.227 e. The van der Waals surface area contributed by atoms with Crippen LogP contribution in [0.2, 0.25) is 0 Å². The van der Waals surface area contributed by atoms with Gasteiger partial charge in [0.15, 0.2) is 9.84 Å². The summed E-state index contributed by atoms with van der Waals surface area (Å²) >= 11 is 0. The number of sulfonamides is 1. The first-order chi connectivity index (χ1) is 6.37. The van der Waals surface area contributed by atoms with Crippen LogP contribution in [0.15, 0.2) is 12.7 Å². The van der Waals surface area contributed by atoms with Gasteiger partial charge >= 0.3 is 0 Å². The monoisotopic (exact) mass is 239 g/mol. The van der Waals surface area contributed by atoms with Crippen LogP contribution in [0.5, 0.6) is 0 Å². The van der Waals surface area contributed by atoms with Gasteiger partial charge in [0.2, 0.25) is 10.0 Å². The van der Waals surface area contributed by atoms with Crippen molar-refractivity contribution in [3.8, 4) is 0 Å². The molecular weight excluding hydrogens is 226 g/mol. The summed E-state index contributed by atoms with van der Waals surface area (Å²) in [7, 11) is -6.80. The summed E-state index contributed by atoms with van der Waals surface area (Å²) < 4.78 is 47.2. The molecule has 0 saturated carbocycles. The summed E-state index contributed by atoms with van der Waals surface area (Å²) in [6.07, 6.45) is 2.10. The predicted molar refractivity (Wildman–Crippen MR) is 53.9 cm³/mol. The van der Waals surface area contributed by atoms with Crippen molar-refractivity contribution in [2.75, 3.05) is 11.5 Å². The van der Waals surface area contributed by atoms with Gasteiger partial charge < -0.3 is 0 Å². The van der Waals surface area contributed by atoms with Crippen molar-refractivity contribution in [2.45, 2.75) is 18.2 Å². The number of hydrogen-bond donors (Lipinski definition) is 1. The molecule has 0 bridgehead atoms. The van der Waals surface area contributed by atoms with Crippen LogP contribution in [0.25, 0.3) is 0 Å². The van der Waals surface area contributed by atoms with E-state index in [0.29, 0.717) is 12.8 Å². The molecule has 0 aromatic rings. The van der Waals surface area contributed by atoms with Crippen molar-refractivity contribution < 1.29 is 16.8 Å². The molecule has 1 heterocycles. The minimum Gasteiger partial charge on any atom is -0.227 e. The first-order valence-corrected chi connectivity index (χ1v) is 7.56. The van der Waals surface area contributed by atoms with Gasteiger partial charge in [-0.25, -0.2) is 16.8 Å². The highest BCUT2D eigenvalue weighted by molar-refractivity contribution is 7.94. The van der Waals surface area contributed by atoms with E-state index in [0.717, 1.165) is 0 Å². The number of sulfone groups is 1. The molecule has 1 unspecified atom stereocenters. The zero-order valence-electron chi connectivity index (χ0n) is 7.64. The van der Waals surface area contributed by atoms with Crippen LogP contribution in [-0.4, -0.2) is 33.7 Å². The fourth-order valence-electron chi connectivity index (χ4n) is 1.33. The molecule has 1 aliphatic rings. The van der Waals surface area contributed by atoms with E-state index >= 15 is 0 Å². The summed E-state index contributed by atoms with van der Waals surface area (Å²) in [4.78, 5) is 0. The molecule has 0 aromatic heterocycles. The number of hydrogen-bond acceptors (Lipinski definition) is 4. The maximum atomic E-state index is 11.3. The average Bonchev–Trinajstić information content (AvgIpc) is 2.29. The molecule has 0 aromatic carbocycles. The Balaban J connectivity index is 2.75. The van der Waals surface area contributed by atoms with E-state index < -0.39 is 25.2 Å². The Hall–Kier alpha value is -0.400. The Morgan fingerprint density at radius 3 is 2.57 bits per heavy atom. The van der Waals surface area contributed by atoms with E-state index in [1.54, 1.807) is 0 Å². The first kappa shape index (κ1) is 11.7. The van der Waals surface area contributed by atoms with Gasteiger partial charge in [-0.3, -0.25) is 0 Å². The Bertz CT molecular complexity index is 409. The lowest BCUT2D eigenvalue weighted by Gasteiger charge is -2.10. The predicted octanol–water partition coefficient (Wildman–Crippen LogP) is -0.373. The van der Waals surface area contributed by atoms with Crippen LogP contribution in [0.3, 0.4) is 0 Å². The third kappa shape index (κ3) is 2.79. The first-order valence-electron chi connectivity index (χ1n) is 4.20. The van der Waals surface area contributed by atoms with Gasteiger partial charge in [0, 0.05) is 0 Å². The van der Waals surface area contributed by atoms with Crippen LogP contribution in [-0.2, 0) is 19.9 Å². The highest BCUT2D eigenvalue weighted by Gasteiger charge is 2.33. The topological polar surface area (TPSA) is 80.3 Å². The lowest BCUT2D eigenvalue weighted by Crippen LogP contribution is -2.38. The summed E-state index contributed by atoms with van der Waals surface area (Å²) in [5.74, 6) is -0.187. The molecule has 82 valence electrons. The molecule has 0 spiro atoms. The van der Waals surface area contributed by atoms with E-state index in [9.17, 15) is 16.8 Å². The summed E-state index contributed by atoms with van der Waals surface area (Å²) in [5.41, 5.74) is 0. The van der Waals surface area contributed by atoms with Gasteiger partial charge in [-0.05, 0) is 12.8 Å². The van der Waals surface area contributed by atoms with Gasteiger partial charge in [-0.2, -0.15) is 4.72 Å². The van der Waals surface area contributed by atoms with Crippen LogP contribution in [0.1, 0.15) is 12.8 Å². The molecule has 1 fully saturated rings. The van der Waals surface area contributed by atoms with Gasteiger partial charge in [0.1, 0.15) is 5.37 Å². The maximum absolute atomic E-state index is 11.3. The van der Waals surface area contributed by atoms with E-state index in [1.807, 2.05) is 0 Å². The molecule has 1 rings (SSSR count). The van der Waals surface area contributed by atoms with Crippen molar-refractivity contribution in [3.05, 3.63) is 12.7 Å². The van der Waals surface area contributed by atoms with Gasteiger partial charge in [0.25, 0.3) is 0 Å². The molecule has 0 aliphatic carbocycles. The van der Waals surface area contributed by atoms with Gasteiger partial charge in [-0.15, -0.1) is 6.58 Å². The molecule has 1 saturated heterocycles. The normalized spacial score (nSPS) is 26.1. The van der Waals surface area contributed by atoms with Crippen LogP contribution in [0.4, 0.5) is 0 Å². The zero-order chi connectivity index (χ0) is 10.8. The Kier molecular flexibility index (Phi) is 3.33. The lowest BCUT2D eigenvalue weighted by molar-refractivity contribution is 0.561. The number of nitrogens with one attached hydrogen (secondary N) is 1. The summed E-state index contributed by atoms with van der Waals surface area (Å²) in [5, 5.41) is -0.938. The average molecular weight is 239 g/mol. The van der Waals surface area contributed by atoms with Gasteiger partial charge in [0.05, 0.1) is 11.5 Å². The van der Waals surface area contributed by atoms with Gasteiger partial charge in [-0.1, -0.05) is 6.08 Å². The smallest absolute Gasteiger partial charge is 0.216 e. The van der Waals surface area contributed by atoms with E-state index in [4.69, 9.17) is 0 Å². The Labute approximate surface area is 84.2 Å².